The van der Waals surface area contributed by atoms with Crippen molar-refractivity contribution in [3.63, 3.8) is 0 Å². The first-order chi connectivity index (χ1) is 9.28. The zero-order chi connectivity index (χ0) is 14.9. The first-order valence-corrected chi connectivity index (χ1v) is 6.87. The Bertz CT molecular complexity index is 531. The van der Waals surface area contributed by atoms with Crippen LogP contribution in [0, 0.1) is 5.41 Å². The van der Waals surface area contributed by atoms with Gasteiger partial charge < -0.3 is 10.0 Å². The van der Waals surface area contributed by atoms with Crippen LogP contribution < -0.4 is 0 Å². The predicted molar refractivity (Wildman–Crippen MR) is 76.2 cm³/mol. The Morgan fingerprint density at radius 2 is 1.85 bits per heavy atom. The summed E-state index contributed by atoms with van der Waals surface area (Å²) in [6.45, 7) is 6.34. The van der Waals surface area contributed by atoms with E-state index in [1.807, 2.05) is 45.0 Å². The van der Waals surface area contributed by atoms with Crippen molar-refractivity contribution >= 4 is 11.9 Å². The molecule has 0 aromatic heterocycles. The Morgan fingerprint density at radius 3 is 2.40 bits per heavy atom. The lowest BCUT2D eigenvalue weighted by molar-refractivity contribution is -0.152. The Morgan fingerprint density at radius 1 is 1.25 bits per heavy atom. The molecule has 4 nitrogen and oxygen atoms in total. The van der Waals surface area contributed by atoms with Crippen LogP contribution in [-0.2, 0) is 22.6 Å². The van der Waals surface area contributed by atoms with Crippen LogP contribution in [-0.4, -0.2) is 27.9 Å². The molecular formula is C16H21NO3. The summed E-state index contributed by atoms with van der Waals surface area (Å²) < 4.78 is 0. The van der Waals surface area contributed by atoms with Gasteiger partial charge in [-0.1, -0.05) is 45.0 Å². The molecule has 1 aromatic rings. The van der Waals surface area contributed by atoms with Crippen molar-refractivity contribution in [1.82, 2.24) is 4.90 Å². The lowest BCUT2D eigenvalue weighted by atomic mass is 9.89. The standard InChI is InChI=1S/C16H21NO3/c1-16(2,3)9-14(18)17-10-12-7-5-4-6-11(12)8-13(17)15(19)20/h4-7,13H,8-10H2,1-3H3,(H,19,20)/t13-/m0/s1. The van der Waals surface area contributed by atoms with E-state index in [0.29, 0.717) is 19.4 Å². The highest BCUT2D eigenvalue weighted by atomic mass is 16.4. The lowest BCUT2D eigenvalue weighted by Crippen LogP contribution is -2.49. The molecule has 0 saturated carbocycles. The average molecular weight is 275 g/mol. The number of hydrogen-bond acceptors (Lipinski definition) is 2. The van der Waals surface area contributed by atoms with E-state index in [0.717, 1.165) is 11.1 Å². The van der Waals surface area contributed by atoms with Gasteiger partial charge in [-0.25, -0.2) is 4.79 Å². The molecule has 1 aliphatic rings. The molecule has 0 aliphatic carbocycles. The maximum atomic E-state index is 12.4. The van der Waals surface area contributed by atoms with Gasteiger partial charge in [0, 0.05) is 19.4 Å². The molecule has 1 N–H and O–H groups in total. The Labute approximate surface area is 119 Å². The van der Waals surface area contributed by atoms with E-state index < -0.39 is 12.0 Å². The number of carbonyl (C=O) groups excluding carboxylic acids is 1. The normalized spacial score (nSPS) is 18.6. The third-order valence-corrected chi connectivity index (χ3v) is 3.54. The number of carboxylic acid groups (broad SMARTS) is 1. The molecule has 0 fully saturated rings. The number of fused-ring (bicyclic) bond motifs is 1. The Hall–Kier alpha value is -1.84. The average Bonchev–Trinajstić information content (AvgIpc) is 2.35. The number of carboxylic acids is 1. The first-order valence-electron chi connectivity index (χ1n) is 6.87. The zero-order valence-electron chi connectivity index (χ0n) is 12.2. The van der Waals surface area contributed by atoms with E-state index in [1.165, 1.54) is 4.90 Å². The summed E-state index contributed by atoms with van der Waals surface area (Å²) in [6.07, 6.45) is 0.750. The lowest BCUT2D eigenvalue weighted by Gasteiger charge is -2.36. The number of rotatable bonds is 2. The van der Waals surface area contributed by atoms with Crippen LogP contribution >= 0.6 is 0 Å². The van der Waals surface area contributed by atoms with Gasteiger partial charge in [-0.2, -0.15) is 0 Å². The van der Waals surface area contributed by atoms with Gasteiger partial charge in [-0.3, -0.25) is 4.79 Å². The highest BCUT2D eigenvalue weighted by Crippen LogP contribution is 2.27. The highest BCUT2D eigenvalue weighted by molar-refractivity contribution is 5.84. The minimum absolute atomic E-state index is 0.0839. The van der Waals surface area contributed by atoms with Crippen LogP contribution in [0.3, 0.4) is 0 Å². The second-order valence-corrected chi connectivity index (χ2v) is 6.59. The molecule has 0 spiro atoms. The molecule has 1 aromatic carbocycles. The quantitative estimate of drug-likeness (QED) is 0.902. The monoisotopic (exact) mass is 275 g/mol. The number of aliphatic carboxylic acids is 1. The molecule has 2 rings (SSSR count). The Balaban J connectivity index is 2.27. The second-order valence-electron chi connectivity index (χ2n) is 6.59. The number of nitrogens with zero attached hydrogens (tertiary/aromatic N) is 1. The summed E-state index contributed by atoms with van der Waals surface area (Å²) in [5.41, 5.74) is 1.93. The van der Waals surface area contributed by atoms with Gasteiger partial charge in [0.2, 0.25) is 5.91 Å². The van der Waals surface area contributed by atoms with Crippen molar-refractivity contribution in [1.29, 1.82) is 0 Å². The molecule has 1 amide bonds. The molecule has 0 saturated heterocycles. The second kappa shape index (κ2) is 5.27. The summed E-state index contributed by atoms with van der Waals surface area (Å²) in [5, 5.41) is 9.39. The number of benzene rings is 1. The van der Waals surface area contributed by atoms with E-state index in [4.69, 9.17) is 0 Å². The van der Waals surface area contributed by atoms with Crippen LogP contribution in [0.1, 0.15) is 38.3 Å². The fraction of sp³-hybridized carbons (Fsp3) is 0.500. The Kier molecular flexibility index (Phi) is 3.84. The van der Waals surface area contributed by atoms with Gasteiger partial charge >= 0.3 is 5.97 Å². The topological polar surface area (TPSA) is 57.6 Å². The fourth-order valence-electron chi connectivity index (χ4n) is 2.56. The summed E-state index contributed by atoms with van der Waals surface area (Å²) >= 11 is 0. The van der Waals surface area contributed by atoms with Gasteiger partial charge in [0.25, 0.3) is 0 Å². The van der Waals surface area contributed by atoms with Gasteiger partial charge in [-0.05, 0) is 16.5 Å². The minimum Gasteiger partial charge on any atom is -0.480 e. The maximum Gasteiger partial charge on any atom is 0.326 e. The van der Waals surface area contributed by atoms with Crippen molar-refractivity contribution in [2.45, 2.75) is 46.2 Å². The van der Waals surface area contributed by atoms with Gasteiger partial charge in [0.1, 0.15) is 6.04 Å². The van der Waals surface area contributed by atoms with E-state index in [2.05, 4.69) is 0 Å². The third-order valence-electron chi connectivity index (χ3n) is 3.54. The number of carbonyl (C=O) groups is 2. The third kappa shape index (κ3) is 3.18. The summed E-state index contributed by atoms with van der Waals surface area (Å²) in [7, 11) is 0. The molecule has 20 heavy (non-hydrogen) atoms. The molecule has 0 unspecified atom stereocenters. The summed E-state index contributed by atoms with van der Waals surface area (Å²) in [6, 6.07) is 6.98. The van der Waals surface area contributed by atoms with Crippen molar-refractivity contribution in [3.8, 4) is 0 Å². The van der Waals surface area contributed by atoms with E-state index in [9.17, 15) is 14.7 Å². The largest absolute Gasteiger partial charge is 0.480 e. The molecule has 0 radical (unpaired) electrons. The summed E-state index contributed by atoms with van der Waals surface area (Å²) in [5.74, 6) is -1.01. The van der Waals surface area contributed by atoms with Crippen LogP contribution in [0.4, 0.5) is 0 Å². The van der Waals surface area contributed by atoms with Crippen LogP contribution in [0.25, 0.3) is 0 Å². The molecule has 108 valence electrons. The number of hydrogen-bond donors (Lipinski definition) is 1. The van der Waals surface area contributed by atoms with Crippen molar-refractivity contribution in [2.24, 2.45) is 5.41 Å². The van der Waals surface area contributed by atoms with Crippen molar-refractivity contribution < 1.29 is 14.7 Å². The smallest absolute Gasteiger partial charge is 0.326 e. The molecular weight excluding hydrogens is 254 g/mol. The maximum absolute atomic E-state index is 12.4. The van der Waals surface area contributed by atoms with Crippen LogP contribution in [0.15, 0.2) is 24.3 Å². The molecule has 0 bridgehead atoms. The molecule has 1 heterocycles. The van der Waals surface area contributed by atoms with E-state index in [-0.39, 0.29) is 11.3 Å². The van der Waals surface area contributed by atoms with Gasteiger partial charge in [0.05, 0.1) is 0 Å². The fourth-order valence-corrected chi connectivity index (χ4v) is 2.56. The van der Waals surface area contributed by atoms with Crippen LogP contribution in [0.5, 0.6) is 0 Å². The van der Waals surface area contributed by atoms with Gasteiger partial charge in [-0.15, -0.1) is 0 Å². The zero-order valence-corrected chi connectivity index (χ0v) is 12.2. The molecule has 1 atom stereocenters. The van der Waals surface area contributed by atoms with E-state index in [1.54, 1.807) is 0 Å². The SMILES string of the molecule is CC(C)(C)CC(=O)N1Cc2ccccc2C[C@H]1C(=O)O. The molecule has 1 aliphatic heterocycles. The van der Waals surface area contributed by atoms with E-state index >= 15 is 0 Å². The minimum atomic E-state index is -0.929. The van der Waals surface area contributed by atoms with Crippen molar-refractivity contribution in [2.75, 3.05) is 0 Å². The van der Waals surface area contributed by atoms with Crippen molar-refractivity contribution in [3.05, 3.63) is 35.4 Å². The highest BCUT2D eigenvalue weighted by Gasteiger charge is 2.35. The van der Waals surface area contributed by atoms with Crippen LogP contribution in [0.2, 0.25) is 0 Å². The number of amides is 1. The van der Waals surface area contributed by atoms with Gasteiger partial charge in [0.15, 0.2) is 0 Å². The first kappa shape index (κ1) is 14.6. The predicted octanol–water partition coefficient (Wildman–Crippen LogP) is 2.46. The summed E-state index contributed by atoms with van der Waals surface area (Å²) in [4.78, 5) is 25.4. The molecule has 4 heteroatoms.